The van der Waals surface area contributed by atoms with E-state index in [-0.39, 0.29) is 22.8 Å². The molecule has 3 rings (SSSR count). The van der Waals surface area contributed by atoms with Gasteiger partial charge in [-0.1, -0.05) is 41.1 Å². The Hall–Kier alpha value is -2.74. The van der Waals surface area contributed by atoms with Crippen LogP contribution in [-0.4, -0.2) is 32.9 Å². The van der Waals surface area contributed by atoms with E-state index in [9.17, 15) is 13.6 Å². The summed E-state index contributed by atoms with van der Waals surface area (Å²) in [5, 5.41) is 8.79. The van der Waals surface area contributed by atoms with E-state index in [2.05, 4.69) is 14.9 Å². The van der Waals surface area contributed by atoms with E-state index in [0.29, 0.717) is 11.0 Å². The molecule has 0 aliphatic carbocycles. The number of benzene rings is 2. The van der Waals surface area contributed by atoms with Crippen LogP contribution in [0.15, 0.2) is 47.6 Å². The molecule has 0 radical (unpaired) electrons. The van der Waals surface area contributed by atoms with Gasteiger partial charge in [0.25, 0.3) is 0 Å². The molecule has 0 amide bonds. The van der Waals surface area contributed by atoms with Gasteiger partial charge in [-0.15, -0.1) is 10.2 Å². The highest BCUT2D eigenvalue weighted by Gasteiger charge is 2.19. The number of Topliss-reactive ketones (excluding diaryl/α,β-unsaturated/α-hetero) is 1. The van der Waals surface area contributed by atoms with Crippen LogP contribution in [0.4, 0.5) is 8.78 Å². The van der Waals surface area contributed by atoms with Crippen LogP contribution in [0.3, 0.4) is 0 Å². The van der Waals surface area contributed by atoms with Crippen LogP contribution >= 0.6 is 11.8 Å². The third kappa shape index (κ3) is 4.56. The molecular weight excluding hydrogens is 384 g/mol. The van der Waals surface area contributed by atoms with Gasteiger partial charge in [0.1, 0.15) is 11.6 Å². The number of hydrogen-bond acceptors (Lipinski definition) is 5. The number of thioether (sulfide) groups is 1. The van der Waals surface area contributed by atoms with Gasteiger partial charge in [-0.2, -0.15) is 8.78 Å². The minimum absolute atomic E-state index is 0.0209. The molecule has 0 spiro atoms. The third-order valence-electron chi connectivity index (χ3n) is 4.07. The van der Waals surface area contributed by atoms with Crippen molar-refractivity contribution < 1.29 is 18.3 Å². The first-order valence-corrected chi connectivity index (χ1v) is 9.54. The molecule has 3 aromatic rings. The van der Waals surface area contributed by atoms with Crippen LogP contribution < -0.4 is 4.74 Å². The van der Waals surface area contributed by atoms with Crippen molar-refractivity contribution in [3.8, 4) is 11.4 Å². The van der Waals surface area contributed by atoms with Crippen molar-refractivity contribution in [3.63, 3.8) is 0 Å². The summed E-state index contributed by atoms with van der Waals surface area (Å²) >= 11 is 1.20. The second kappa shape index (κ2) is 8.52. The summed E-state index contributed by atoms with van der Waals surface area (Å²) in [7, 11) is 0. The van der Waals surface area contributed by atoms with Gasteiger partial charge in [-0.3, -0.25) is 9.36 Å². The highest BCUT2D eigenvalue weighted by atomic mass is 32.2. The average Bonchev–Trinajstić information content (AvgIpc) is 3.02. The molecule has 146 valence electrons. The summed E-state index contributed by atoms with van der Waals surface area (Å²) in [4.78, 5) is 12.7. The van der Waals surface area contributed by atoms with Crippen molar-refractivity contribution in [2.75, 3.05) is 5.75 Å². The quantitative estimate of drug-likeness (QED) is 0.420. The number of nitrogens with zero attached hydrogens (tertiary/aromatic N) is 3. The third-order valence-corrected chi connectivity index (χ3v) is 5.00. The predicted octanol–water partition coefficient (Wildman–Crippen LogP) is 4.77. The van der Waals surface area contributed by atoms with E-state index < -0.39 is 6.61 Å². The Morgan fingerprint density at radius 3 is 2.43 bits per heavy atom. The van der Waals surface area contributed by atoms with Gasteiger partial charge in [0.15, 0.2) is 10.9 Å². The predicted molar refractivity (Wildman–Crippen MR) is 104 cm³/mol. The lowest BCUT2D eigenvalue weighted by Crippen LogP contribution is -2.10. The summed E-state index contributed by atoms with van der Waals surface area (Å²) in [6.45, 7) is 2.62. The molecule has 0 aliphatic heterocycles. The van der Waals surface area contributed by atoms with Gasteiger partial charge in [0.2, 0.25) is 0 Å². The molecule has 0 saturated heterocycles. The van der Waals surface area contributed by atoms with E-state index in [0.717, 1.165) is 16.8 Å². The molecule has 0 fully saturated rings. The van der Waals surface area contributed by atoms with Crippen molar-refractivity contribution in [1.82, 2.24) is 14.8 Å². The molecular formula is C20H19F2N3O2S. The number of hydrogen-bond donors (Lipinski definition) is 0. The Balaban J connectivity index is 1.81. The molecule has 2 aromatic carbocycles. The van der Waals surface area contributed by atoms with Crippen molar-refractivity contribution in [1.29, 1.82) is 0 Å². The maximum Gasteiger partial charge on any atom is 0.387 e. The van der Waals surface area contributed by atoms with Crippen molar-refractivity contribution >= 4 is 17.5 Å². The smallest absolute Gasteiger partial charge is 0.387 e. The summed E-state index contributed by atoms with van der Waals surface area (Å²) in [6, 6.07) is 12.4. The summed E-state index contributed by atoms with van der Waals surface area (Å²) in [5.74, 6) is 0.270. The number of aryl methyl sites for hydroxylation is 3. The highest BCUT2D eigenvalue weighted by molar-refractivity contribution is 7.99. The fourth-order valence-corrected chi connectivity index (χ4v) is 3.58. The number of carbonyl (C=O) groups is 1. The van der Waals surface area contributed by atoms with Crippen LogP contribution in [0.1, 0.15) is 27.3 Å². The lowest BCUT2D eigenvalue weighted by Gasteiger charge is -2.11. The van der Waals surface area contributed by atoms with E-state index in [1.165, 1.54) is 17.8 Å². The Labute approximate surface area is 165 Å². The zero-order valence-corrected chi connectivity index (χ0v) is 16.5. The Bertz CT molecular complexity index is 988. The average molecular weight is 403 g/mol. The maximum atomic E-state index is 12.7. The van der Waals surface area contributed by atoms with Gasteiger partial charge in [-0.05, 0) is 45.0 Å². The Kier molecular flexibility index (Phi) is 6.08. The molecule has 0 bridgehead atoms. The fourth-order valence-electron chi connectivity index (χ4n) is 2.70. The molecule has 0 unspecified atom stereocenters. The molecule has 1 heterocycles. The van der Waals surface area contributed by atoms with Crippen LogP contribution in [-0.2, 0) is 0 Å². The summed E-state index contributed by atoms with van der Waals surface area (Å²) in [5.41, 5.74) is 2.93. The van der Waals surface area contributed by atoms with E-state index in [1.54, 1.807) is 19.1 Å². The van der Waals surface area contributed by atoms with E-state index in [1.807, 2.05) is 42.7 Å². The maximum absolute atomic E-state index is 12.7. The number of rotatable bonds is 7. The second-order valence-electron chi connectivity index (χ2n) is 6.29. The van der Waals surface area contributed by atoms with Crippen LogP contribution in [0.2, 0.25) is 0 Å². The minimum Gasteiger partial charge on any atom is -0.434 e. The monoisotopic (exact) mass is 403 g/mol. The van der Waals surface area contributed by atoms with E-state index in [4.69, 9.17) is 0 Å². The fraction of sp³-hybridized carbons (Fsp3) is 0.250. The molecule has 5 nitrogen and oxygen atoms in total. The first kappa shape index (κ1) is 20.0. The first-order chi connectivity index (χ1) is 13.3. The van der Waals surface area contributed by atoms with Gasteiger partial charge in [0.05, 0.1) is 11.3 Å². The molecule has 28 heavy (non-hydrogen) atoms. The normalized spacial score (nSPS) is 11.1. The SMILES string of the molecule is Cc1ccc(-n2c(C)nnc2SCC(=O)c2cc(C)ccc2OC(F)F)cc1. The zero-order valence-electron chi connectivity index (χ0n) is 15.6. The topological polar surface area (TPSA) is 57.0 Å². The second-order valence-corrected chi connectivity index (χ2v) is 7.23. The summed E-state index contributed by atoms with van der Waals surface area (Å²) < 4.78 is 31.6. The Morgan fingerprint density at radius 2 is 1.75 bits per heavy atom. The number of aromatic nitrogens is 3. The van der Waals surface area contributed by atoms with Crippen LogP contribution in [0.5, 0.6) is 5.75 Å². The van der Waals surface area contributed by atoms with E-state index >= 15 is 0 Å². The number of ether oxygens (including phenoxy) is 1. The van der Waals surface area contributed by atoms with Crippen molar-refractivity contribution in [2.24, 2.45) is 0 Å². The molecule has 8 heteroatoms. The highest BCUT2D eigenvalue weighted by Crippen LogP contribution is 2.27. The molecule has 1 aromatic heterocycles. The lowest BCUT2D eigenvalue weighted by atomic mass is 10.1. The largest absolute Gasteiger partial charge is 0.434 e. The first-order valence-electron chi connectivity index (χ1n) is 8.55. The molecule has 0 atom stereocenters. The number of ketones is 1. The lowest BCUT2D eigenvalue weighted by molar-refractivity contribution is -0.0501. The number of carbonyl (C=O) groups excluding carboxylic acids is 1. The Morgan fingerprint density at radius 1 is 1.07 bits per heavy atom. The van der Waals surface area contributed by atoms with Crippen molar-refractivity contribution in [2.45, 2.75) is 32.5 Å². The standard InChI is InChI=1S/C20H19F2N3O2S/c1-12-4-7-15(8-5-12)25-14(3)23-24-20(25)28-11-17(26)16-10-13(2)6-9-18(16)27-19(21)22/h4-10,19H,11H2,1-3H3. The molecule has 0 N–H and O–H groups in total. The van der Waals surface area contributed by atoms with Crippen molar-refractivity contribution in [3.05, 3.63) is 65.0 Å². The van der Waals surface area contributed by atoms with Gasteiger partial charge >= 0.3 is 6.61 Å². The van der Waals surface area contributed by atoms with Gasteiger partial charge < -0.3 is 4.74 Å². The number of halogens is 2. The zero-order chi connectivity index (χ0) is 20.3. The van der Waals surface area contributed by atoms with Gasteiger partial charge in [-0.25, -0.2) is 0 Å². The molecule has 0 saturated carbocycles. The number of alkyl halides is 2. The minimum atomic E-state index is -2.99. The van der Waals surface area contributed by atoms with Gasteiger partial charge in [0, 0.05) is 5.69 Å². The van der Waals surface area contributed by atoms with Crippen LogP contribution in [0.25, 0.3) is 5.69 Å². The van der Waals surface area contributed by atoms with Crippen LogP contribution in [0, 0.1) is 20.8 Å². The summed E-state index contributed by atoms with van der Waals surface area (Å²) in [6.07, 6.45) is 0. The molecule has 0 aliphatic rings.